The molecule has 2 heterocycles. The van der Waals surface area contributed by atoms with E-state index in [4.69, 9.17) is 4.74 Å². The number of ether oxygens (including phenoxy) is 1. The minimum Gasteiger partial charge on any atom is -0.480 e. The minimum atomic E-state index is -1.03. The lowest BCUT2D eigenvalue weighted by atomic mass is 10.0. The number of aromatic nitrogens is 1. The zero-order chi connectivity index (χ0) is 22.5. The van der Waals surface area contributed by atoms with Gasteiger partial charge in [-0.3, -0.25) is 4.79 Å². The second kappa shape index (κ2) is 9.55. The summed E-state index contributed by atoms with van der Waals surface area (Å²) in [6.45, 7) is 0.420. The number of carboxylic acid groups (broad SMARTS) is 1. The van der Waals surface area contributed by atoms with Gasteiger partial charge in [-0.2, -0.15) is 0 Å². The SMILES string of the molecule is O=C(N[C@@H](Cc1c[nH]c2ccccc12)C(=O)N1CCC[C@H]1C(=O)O)OCc1ccccc1. The number of alkyl carbamates (subject to hydrolysis) is 1. The number of hydrogen-bond acceptors (Lipinski definition) is 4. The van der Waals surface area contributed by atoms with Crippen molar-refractivity contribution < 1.29 is 24.2 Å². The molecule has 0 bridgehead atoms. The molecule has 166 valence electrons. The lowest BCUT2D eigenvalue weighted by molar-refractivity contribution is -0.148. The summed E-state index contributed by atoms with van der Waals surface area (Å²) in [6, 6.07) is 15.1. The molecule has 2 aromatic carbocycles. The molecule has 2 amide bonds. The van der Waals surface area contributed by atoms with Crippen molar-refractivity contribution in [3.63, 3.8) is 0 Å². The van der Waals surface area contributed by atoms with Crippen LogP contribution in [0.4, 0.5) is 4.79 Å². The van der Waals surface area contributed by atoms with Crippen molar-refractivity contribution in [2.75, 3.05) is 6.54 Å². The largest absolute Gasteiger partial charge is 0.480 e. The molecule has 0 aliphatic carbocycles. The standard InChI is InChI=1S/C24H25N3O5/c28-22(27-12-6-11-21(27)23(29)30)20(13-17-14-25-19-10-5-4-9-18(17)19)26-24(31)32-15-16-7-2-1-3-8-16/h1-5,7-10,14,20-21,25H,6,11-13,15H2,(H,26,31)(H,29,30)/t20-,21-/m0/s1. The van der Waals surface area contributed by atoms with Crippen LogP contribution in [0.2, 0.25) is 0 Å². The number of nitrogens with one attached hydrogen (secondary N) is 2. The van der Waals surface area contributed by atoms with Crippen LogP contribution in [-0.4, -0.2) is 51.6 Å². The van der Waals surface area contributed by atoms with Crippen LogP contribution in [-0.2, 0) is 27.4 Å². The Hall–Kier alpha value is -3.81. The minimum absolute atomic E-state index is 0.0716. The van der Waals surface area contributed by atoms with Gasteiger partial charge in [0.05, 0.1) is 0 Å². The molecule has 0 unspecified atom stereocenters. The zero-order valence-electron chi connectivity index (χ0n) is 17.5. The van der Waals surface area contributed by atoms with E-state index in [1.54, 1.807) is 6.20 Å². The van der Waals surface area contributed by atoms with E-state index >= 15 is 0 Å². The van der Waals surface area contributed by atoms with Gasteiger partial charge in [-0.15, -0.1) is 0 Å². The molecule has 3 aromatic rings. The van der Waals surface area contributed by atoms with Crippen molar-refractivity contribution in [3.05, 3.63) is 71.9 Å². The molecule has 1 aliphatic heterocycles. The first-order valence-corrected chi connectivity index (χ1v) is 10.6. The maximum atomic E-state index is 13.3. The maximum absolute atomic E-state index is 13.3. The second-order valence-electron chi connectivity index (χ2n) is 7.85. The number of aliphatic carboxylic acids is 1. The first-order chi connectivity index (χ1) is 15.5. The fraction of sp³-hybridized carbons (Fsp3) is 0.292. The Balaban J connectivity index is 1.52. The summed E-state index contributed by atoms with van der Waals surface area (Å²) in [5, 5.41) is 13.1. The Kier molecular flexibility index (Phi) is 6.39. The van der Waals surface area contributed by atoms with E-state index in [-0.39, 0.29) is 13.0 Å². The van der Waals surface area contributed by atoms with Crippen molar-refractivity contribution >= 4 is 28.9 Å². The molecule has 1 aromatic heterocycles. The Bertz CT molecular complexity index is 1110. The molecule has 1 aliphatic rings. The highest BCUT2D eigenvalue weighted by Gasteiger charge is 2.38. The zero-order valence-corrected chi connectivity index (χ0v) is 17.5. The molecular weight excluding hydrogens is 410 g/mol. The van der Waals surface area contributed by atoms with Crippen LogP contribution in [0.15, 0.2) is 60.8 Å². The molecule has 1 saturated heterocycles. The molecule has 32 heavy (non-hydrogen) atoms. The molecule has 3 N–H and O–H groups in total. The Morgan fingerprint density at radius 1 is 1.12 bits per heavy atom. The number of H-pyrrole nitrogens is 1. The van der Waals surface area contributed by atoms with E-state index in [1.807, 2.05) is 54.6 Å². The molecule has 8 heteroatoms. The lowest BCUT2D eigenvalue weighted by Crippen LogP contribution is -2.52. The number of carbonyl (C=O) groups is 3. The Morgan fingerprint density at radius 3 is 2.66 bits per heavy atom. The quantitative estimate of drug-likeness (QED) is 0.528. The molecule has 0 spiro atoms. The summed E-state index contributed by atoms with van der Waals surface area (Å²) >= 11 is 0. The smallest absolute Gasteiger partial charge is 0.408 e. The maximum Gasteiger partial charge on any atom is 0.408 e. The number of amides is 2. The third-order valence-corrected chi connectivity index (χ3v) is 5.72. The number of para-hydroxylation sites is 1. The number of likely N-dealkylation sites (tertiary alicyclic amines) is 1. The molecular formula is C24H25N3O5. The van der Waals surface area contributed by atoms with Gasteiger partial charge in [0, 0.05) is 30.1 Å². The number of fused-ring (bicyclic) bond motifs is 1. The van der Waals surface area contributed by atoms with Gasteiger partial charge in [-0.1, -0.05) is 48.5 Å². The van der Waals surface area contributed by atoms with Crippen molar-refractivity contribution in [1.29, 1.82) is 0 Å². The predicted octanol–water partition coefficient (Wildman–Crippen LogP) is 3.08. The van der Waals surface area contributed by atoms with E-state index in [1.165, 1.54) is 4.90 Å². The van der Waals surface area contributed by atoms with Crippen LogP contribution in [0.1, 0.15) is 24.0 Å². The Labute approximate surface area is 185 Å². The first kappa shape index (κ1) is 21.4. The van der Waals surface area contributed by atoms with E-state index in [9.17, 15) is 19.5 Å². The van der Waals surface area contributed by atoms with Gasteiger partial charge in [0.25, 0.3) is 0 Å². The first-order valence-electron chi connectivity index (χ1n) is 10.6. The molecule has 4 rings (SSSR count). The number of benzene rings is 2. The summed E-state index contributed by atoms with van der Waals surface area (Å²) in [5.41, 5.74) is 2.60. The molecule has 8 nitrogen and oxygen atoms in total. The number of carbonyl (C=O) groups excluding carboxylic acids is 2. The molecule has 0 radical (unpaired) electrons. The topological polar surface area (TPSA) is 112 Å². The van der Waals surface area contributed by atoms with Crippen molar-refractivity contribution in [2.24, 2.45) is 0 Å². The normalized spacial score (nSPS) is 16.6. The fourth-order valence-electron chi connectivity index (χ4n) is 4.11. The van der Waals surface area contributed by atoms with Crippen LogP contribution in [0.25, 0.3) is 10.9 Å². The number of carboxylic acids is 1. The van der Waals surface area contributed by atoms with E-state index < -0.39 is 30.1 Å². The number of nitrogens with zero attached hydrogens (tertiary/aromatic N) is 1. The van der Waals surface area contributed by atoms with Crippen LogP contribution in [0, 0.1) is 0 Å². The third-order valence-electron chi connectivity index (χ3n) is 5.72. The van der Waals surface area contributed by atoms with Crippen LogP contribution < -0.4 is 5.32 Å². The predicted molar refractivity (Wildman–Crippen MR) is 118 cm³/mol. The third kappa shape index (κ3) is 4.74. The molecule has 1 fully saturated rings. The van der Waals surface area contributed by atoms with Crippen molar-refractivity contribution in [2.45, 2.75) is 38.0 Å². The van der Waals surface area contributed by atoms with Gasteiger partial charge >= 0.3 is 12.1 Å². The van der Waals surface area contributed by atoms with E-state index in [2.05, 4.69) is 10.3 Å². The van der Waals surface area contributed by atoms with Gasteiger partial charge < -0.3 is 25.0 Å². The lowest BCUT2D eigenvalue weighted by Gasteiger charge is -2.27. The number of aromatic amines is 1. The summed E-state index contributed by atoms with van der Waals surface area (Å²) in [6.07, 6.45) is 2.31. The van der Waals surface area contributed by atoms with Crippen LogP contribution >= 0.6 is 0 Å². The molecule has 0 saturated carbocycles. The van der Waals surface area contributed by atoms with Crippen LogP contribution in [0.5, 0.6) is 0 Å². The van der Waals surface area contributed by atoms with Crippen molar-refractivity contribution in [3.8, 4) is 0 Å². The summed E-state index contributed by atoms with van der Waals surface area (Å²) in [4.78, 5) is 42.0. The summed E-state index contributed by atoms with van der Waals surface area (Å²) in [7, 11) is 0. The number of hydrogen-bond donors (Lipinski definition) is 3. The van der Waals surface area contributed by atoms with E-state index in [0.29, 0.717) is 19.4 Å². The van der Waals surface area contributed by atoms with Gasteiger partial charge in [-0.05, 0) is 30.0 Å². The summed E-state index contributed by atoms with van der Waals surface area (Å²) in [5.74, 6) is -1.45. The van der Waals surface area contributed by atoms with Crippen LogP contribution in [0.3, 0.4) is 0 Å². The van der Waals surface area contributed by atoms with Crippen molar-refractivity contribution in [1.82, 2.24) is 15.2 Å². The Morgan fingerprint density at radius 2 is 1.88 bits per heavy atom. The fourth-order valence-corrected chi connectivity index (χ4v) is 4.11. The highest BCUT2D eigenvalue weighted by Crippen LogP contribution is 2.23. The van der Waals surface area contributed by atoms with Gasteiger partial charge in [0.1, 0.15) is 18.7 Å². The second-order valence-corrected chi connectivity index (χ2v) is 7.85. The average molecular weight is 435 g/mol. The highest BCUT2D eigenvalue weighted by atomic mass is 16.5. The summed E-state index contributed by atoms with van der Waals surface area (Å²) < 4.78 is 5.31. The molecule has 2 atom stereocenters. The number of rotatable bonds is 7. The average Bonchev–Trinajstić information content (AvgIpc) is 3.45. The van der Waals surface area contributed by atoms with Gasteiger partial charge in [-0.25, -0.2) is 9.59 Å². The monoisotopic (exact) mass is 435 g/mol. The van der Waals surface area contributed by atoms with E-state index in [0.717, 1.165) is 22.0 Å². The van der Waals surface area contributed by atoms with Gasteiger partial charge in [0.2, 0.25) is 5.91 Å². The van der Waals surface area contributed by atoms with Gasteiger partial charge in [0.15, 0.2) is 0 Å². The highest BCUT2D eigenvalue weighted by molar-refractivity contribution is 5.91.